The zero-order valence-corrected chi connectivity index (χ0v) is 82.6. The smallest absolute Gasteiger partial charge is 0.141 e. The molecule has 141 heavy (non-hydrogen) atoms. The average molecular weight is 1890 g/mol. The van der Waals surface area contributed by atoms with Crippen LogP contribution in [0.15, 0.2) is 77.3 Å². The van der Waals surface area contributed by atoms with Crippen molar-refractivity contribution in [3.8, 4) is 34.5 Å². The molecule has 4 aliphatic carbocycles. The highest BCUT2D eigenvalue weighted by Crippen LogP contribution is 2.88. The first-order valence-electron chi connectivity index (χ1n) is 54.9. The fourth-order valence-corrected chi connectivity index (χ4v) is 36.4. The minimum absolute atomic E-state index is 0.127. The zero-order chi connectivity index (χ0) is 91.5. The van der Waals surface area contributed by atoms with Gasteiger partial charge in [0.1, 0.15) is 34.5 Å². The van der Waals surface area contributed by atoms with Crippen molar-refractivity contribution in [2.45, 2.75) is 213 Å². The lowest BCUT2D eigenvalue weighted by atomic mass is 9.47. The number of rotatable bonds is 41. The van der Waals surface area contributed by atoms with Crippen molar-refractivity contribution in [1.82, 2.24) is 4.90 Å². The summed E-state index contributed by atoms with van der Waals surface area (Å²) in [4.78, 5) is 3.00. The Hall–Kier alpha value is -12.7. The van der Waals surface area contributed by atoms with E-state index in [4.69, 9.17) is 28.4 Å². The van der Waals surface area contributed by atoms with Crippen LogP contribution in [0.1, 0.15) is 252 Å². The first-order chi connectivity index (χ1) is 69.8. The molecule has 1 aliphatic heterocycles. The lowest BCUT2D eigenvalue weighted by Gasteiger charge is -2.52. The number of unbranched alkanes of at least 4 members (excludes halogenated alkanes) is 18. The Morgan fingerprint density at radius 3 is 0.660 bits per heavy atom. The Morgan fingerprint density at radius 1 is 0.227 bits per heavy atom. The first-order valence-corrected chi connectivity index (χ1v) is 55.7. The first kappa shape index (κ1) is 76.1. The van der Waals surface area contributed by atoms with Gasteiger partial charge in [0.15, 0.2) is 0 Å². The molecule has 0 N–H and O–H groups in total. The van der Waals surface area contributed by atoms with Gasteiger partial charge in [-0.2, -0.15) is 0 Å². The van der Waals surface area contributed by atoms with Crippen LogP contribution in [0.4, 0.5) is 0 Å². The minimum Gasteiger partial charge on any atom is -0.493 e. The molecule has 0 amide bonds. The minimum atomic E-state index is -0.575. The van der Waals surface area contributed by atoms with E-state index in [1.807, 2.05) is 0 Å². The summed E-state index contributed by atoms with van der Waals surface area (Å²) >= 11 is 3.91. The van der Waals surface area contributed by atoms with Crippen LogP contribution in [0.25, 0.3) is 347 Å². The standard InChI is InChI=1S/C133H100BrNO6/c1-8-14-20-26-48-136-125-55(36-40-60-59(125)41-37-56(126(60)137-49-27-21-15-9-2)33-35-58-39-43-64-62(128(58)139-51-29-23-17-11-4)46-47-66(134)130(64)141-53-31-25-19-13-6)32-34-57-38-42-63-61(127(57)138-50-28-22-16-10-3)44-45-65(129(63)140-52-30-24-18-12-5)131-133-123-117-111-101-89-81-73-69-67-68-71-75(73)83(89)93-87-79(71)80-72(68)76-74-70(67)78-77(69)85-91(81)99-105-95(85)96-86(78)92-82(74)90-84(76)94-88(80)98-97(87)109(103(93)111)119(123)120-110(98)104(94)112-102(90)108-100(92)106(96)114-113(105)121(115(117)107(99)101)132(133,54-135(131)7)122(114)116(108)118(112)124(120)133/h32-47,131H,8-31,48-54H2,1-7H3/b34-32+,35-33+. The van der Waals surface area contributed by atoms with Gasteiger partial charge < -0.3 is 28.4 Å². The topological polar surface area (TPSA) is 58.6 Å². The molecule has 0 aromatic heterocycles. The number of halogens is 1. The van der Waals surface area contributed by atoms with Crippen molar-refractivity contribution >= 4 is 363 Å². The molecule has 0 saturated carbocycles. The maximum atomic E-state index is 8.16. The SMILES string of the molecule is CCCCCCOc1c(Br)ccc2c(OCCCCCC)c(/C=C/c3ccc4c(OCCCCCC)c(/C=C/c5ccc6c(OCCCCCC)c(C7N(C)CC89c%10c%11c%12c%13c%14c%15c(c%16c%17c8c8c%10c%10c%18c%11c%11c%12c%12c%14c%14c%19c%15c%15c%16c%16c%17c%17c8c8c%10c%10c%18c%18c%11c%11c%12c%14c%12c%14c%19c%15c%15c%16c%16c%17c8c8c%10c%10c%18c%11c%12c%11c%14c%15c%16c8c%10%11)C%1379)ccc6c5OCCCCCC)ccc4c3OCCCCCC)ccc12. The van der Waals surface area contributed by atoms with Crippen molar-refractivity contribution < 1.29 is 28.4 Å². The molecule has 1 unspecified atom stereocenters. The lowest BCUT2D eigenvalue weighted by molar-refractivity contribution is 0.251. The van der Waals surface area contributed by atoms with E-state index in [9.17, 15) is 0 Å². The maximum absolute atomic E-state index is 8.16. The quantitative estimate of drug-likeness (QED) is 0.0215. The number of likely N-dealkylation sites (N-methyl/N-ethyl adjacent to an activating group) is 1. The molecule has 5 aliphatic rings. The van der Waals surface area contributed by atoms with Gasteiger partial charge in [-0.25, -0.2) is 0 Å². The molecule has 1 heterocycles. The number of nitrogens with zero attached hydrogens (tertiary/aromatic N) is 1. The Balaban J connectivity index is 0.563. The van der Waals surface area contributed by atoms with Gasteiger partial charge >= 0.3 is 0 Å². The summed E-state index contributed by atoms with van der Waals surface area (Å²) in [7, 11) is 2.62. The van der Waals surface area contributed by atoms with Gasteiger partial charge in [0.2, 0.25) is 0 Å². The van der Waals surface area contributed by atoms with Crippen molar-refractivity contribution in [3.05, 3.63) is 127 Å². The van der Waals surface area contributed by atoms with Crippen LogP contribution < -0.4 is 28.4 Å². The van der Waals surface area contributed by atoms with Gasteiger partial charge in [0.05, 0.1) is 61.0 Å². The normalized spacial score (nSPS) is 17.9. The van der Waals surface area contributed by atoms with Gasteiger partial charge in [-0.1, -0.05) is 218 Å². The third-order valence-electron chi connectivity index (χ3n) is 40.0. The van der Waals surface area contributed by atoms with Gasteiger partial charge in [0.25, 0.3) is 0 Å². The van der Waals surface area contributed by atoms with Gasteiger partial charge in [-0.3, -0.25) is 4.90 Å². The van der Waals surface area contributed by atoms with Crippen LogP contribution in [0.5, 0.6) is 34.5 Å². The molecule has 1 saturated heterocycles. The van der Waals surface area contributed by atoms with Gasteiger partial charge in [-0.05, 0) is 411 Å². The third-order valence-corrected chi connectivity index (χ3v) is 40.6. The van der Waals surface area contributed by atoms with E-state index < -0.39 is 10.8 Å². The summed E-state index contributed by atoms with van der Waals surface area (Å²) in [5.74, 6) is 5.53. The third kappa shape index (κ3) is 7.35. The second-order valence-electron chi connectivity index (χ2n) is 46.0. The van der Waals surface area contributed by atoms with E-state index >= 15 is 0 Å². The summed E-state index contributed by atoms with van der Waals surface area (Å²) in [6.07, 6.45) is 36.1. The monoisotopic (exact) mass is 1890 g/mol. The second kappa shape index (κ2) is 24.8. The molecule has 1 fully saturated rings. The molecular weight excluding hydrogens is 1790 g/mol. The van der Waals surface area contributed by atoms with E-state index in [-0.39, 0.29) is 6.04 Å². The van der Waals surface area contributed by atoms with Crippen LogP contribution in [-0.4, -0.2) is 58.1 Å². The summed E-state index contributed by atoms with van der Waals surface area (Å²) in [6.45, 7) is 18.5. The number of ether oxygens (including phenoxy) is 6. The van der Waals surface area contributed by atoms with Crippen molar-refractivity contribution in [2.24, 2.45) is 0 Å². The number of hydrogen-bond acceptors (Lipinski definition) is 7. The molecule has 34 aromatic rings. The molecule has 2 spiro atoms. The van der Waals surface area contributed by atoms with Crippen LogP contribution >= 0.6 is 15.9 Å². The van der Waals surface area contributed by atoms with E-state index in [0.29, 0.717) is 39.6 Å². The number of benzene rings is 24. The fraction of sp³-hybridized carbons (Fsp3) is 0.308. The lowest BCUT2D eigenvalue weighted by Crippen LogP contribution is -2.52. The Kier molecular flexibility index (Phi) is 13.4. The van der Waals surface area contributed by atoms with Crippen LogP contribution in [0, 0.1) is 0 Å². The Bertz CT molecular complexity index is 10700. The largest absolute Gasteiger partial charge is 0.493 e. The van der Waals surface area contributed by atoms with Crippen LogP contribution in [-0.2, 0) is 10.8 Å². The van der Waals surface area contributed by atoms with Gasteiger partial charge in [0, 0.05) is 66.7 Å². The summed E-state index contributed by atoms with van der Waals surface area (Å²) in [6, 6.07) is 28.0. The van der Waals surface area contributed by atoms with E-state index in [1.165, 1.54) is 63.4 Å². The molecule has 34 aromatic carbocycles. The maximum Gasteiger partial charge on any atom is 0.141 e. The molecule has 1 atom stereocenters. The van der Waals surface area contributed by atoms with E-state index in [0.717, 1.165) is 196 Å². The van der Waals surface area contributed by atoms with Crippen LogP contribution in [0.3, 0.4) is 0 Å². The van der Waals surface area contributed by atoms with Crippen molar-refractivity contribution in [2.75, 3.05) is 53.2 Å². The Labute approximate surface area is 818 Å². The zero-order valence-electron chi connectivity index (χ0n) is 81.0. The predicted molar refractivity (Wildman–Crippen MR) is 604 cm³/mol. The molecule has 0 radical (unpaired) electrons. The Morgan fingerprint density at radius 2 is 0.418 bits per heavy atom. The van der Waals surface area contributed by atoms with Crippen molar-refractivity contribution in [1.29, 1.82) is 0 Å². The van der Waals surface area contributed by atoms with E-state index in [2.05, 4.69) is 167 Å². The number of fused-ring (bicyclic) bond motifs is 3. The number of hydrogen-bond donors (Lipinski definition) is 0. The van der Waals surface area contributed by atoms with Gasteiger partial charge in [-0.15, -0.1) is 0 Å². The van der Waals surface area contributed by atoms with E-state index in [1.54, 1.807) is 313 Å². The predicted octanol–water partition coefficient (Wildman–Crippen LogP) is 38.3. The molecular formula is C133H100BrNO6. The molecule has 8 heteroatoms. The second-order valence-corrected chi connectivity index (χ2v) is 46.8. The summed E-state index contributed by atoms with van der Waals surface area (Å²) < 4.78 is 45.0. The summed E-state index contributed by atoms with van der Waals surface area (Å²) in [5.41, 5.74) is 11.3. The highest BCUT2D eigenvalue weighted by molar-refractivity contribution is 9.10. The highest BCUT2D eigenvalue weighted by Gasteiger charge is 2.76. The average Bonchev–Trinajstić information content (AvgIpc) is 1.38. The highest BCUT2D eigenvalue weighted by atomic mass is 79.9. The fourth-order valence-electron chi connectivity index (χ4n) is 35.9. The van der Waals surface area contributed by atoms with Crippen LogP contribution in [0.2, 0.25) is 0 Å². The summed E-state index contributed by atoms with van der Waals surface area (Å²) in [5, 5.41) is 94.9. The number of likely N-dealkylation sites (tertiary alicyclic amines) is 1. The molecule has 7 nitrogen and oxygen atoms in total. The molecule has 39 rings (SSSR count). The molecule has 680 valence electrons. The molecule has 0 bridgehead atoms. The van der Waals surface area contributed by atoms with Crippen molar-refractivity contribution in [3.63, 3.8) is 0 Å².